The second-order valence-electron chi connectivity index (χ2n) is 6.42. The third-order valence-corrected chi connectivity index (χ3v) is 5.34. The Morgan fingerprint density at radius 1 is 0.931 bits per heavy atom. The largest absolute Gasteiger partial charge is 0.345 e. The van der Waals surface area contributed by atoms with Crippen molar-refractivity contribution in [2.45, 2.75) is 17.9 Å². The lowest BCUT2D eigenvalue weighted by molar-refractivity contribution is -0.113. The summed E-state index contributed by atoms with van der Waals surface area (Å²) in [6, 6.07) is 22.6. The van der Waals surface area contributed by atoms with Gasteiger partial charge in [0.1, 0.15) is 5.82 Å². The summed E-state index contributed by atoms with van der Waals surface area (Å²) in [5.74, 6) is -0.911. The molecule has 0 radical (unpaired) electrons. The van der Waals surface area contributed by atoms with Gasteiger partial charge in [0.05, 0.1) is 23.0 Å². The van der Waals surface area contributed by atoms with Crippen LogP contribution >= 0.6 is 11.8 Å². The molecule has 0 heterocycles. The second kappa shape index (κ2) is 9.89. The third kappa shape index (κ3) is 5.68. The Kier molecular flexibility index (Phi) is 7.03. The van der Waals surface area contributed by atoms with E-state index in [2.05, 4.69) is 10.6 Å². The van der Waals surface area contributed by atoms with E-state index < -0.39 is 0 Å². The maximum Gasteiger partial charge on any atom is 0.253 e. The van der Waals surface area contributed by atoms with Crippen LogP contribution in [0.2, 0.25) is 0 Å². The third-order valence-electron chi connectivity index (χ3n) is 4.29. The summed E-state index contributed by atoms with van der Waals surface area (Å²) in [4.78, 5) is 25.5. The summed E-state index contributed by atoms with van der Waals surface area (Å²) in [6.45, 7) is 1.90. The van der Waals surface area contributed by atoms with E-state index in [-0.39, 0.29) is 29.4 Å². The monoisotopic (exact) mass is 408 g/mol. The highest BCUT2D eigenvalue weighted by Gasteiger charge is 2.16. The van der Waals surface area contributed by atoms with Gasteiger partial charge in [-0.1, -0.05) is 54.6 Å². The molecular weight excluding hydrogens is 387 g/mol. The molecule has 0 aliphatic rings. The number of halogens is 1. The van der Waals surface area contributed by atoms with Crippen molar-refractivity contribution in [1.29, 1.82) is 0 Å². The molecule has 3 rings (SSSR count). The Balaban J connectivity index is 1.64. The van der Waals surface area contributed by atoms with Crippen LogP contribution in [0, 0.1) is 5.82 Å². The van der Waals surface area contributed by atoms with Crippen molar-refractivity contribution >= 4 is 29.3 Å². The van der Waals surface area contributed by atoms with Crippen LogP contribution in [0.3, 0.4) is 0 Å². The van der Waals surface area contributed by atoms with Crippen LogP contribution in [0.5, 0.6) is 0 Å². The van der Waals surface area contributed by atoms with Crippen molar-refractivity contribution in [2.24, 2.45) is 0 Å². The van der Waals surface area contributed by atoms with Crippen LogP contribution in [-0.4, -0.2) is 17.6 Å². The number of thioether (sulfide) groups is 1. The summed E-state index contributed by atoms with van der Waals surface area (Å²) in [5, 5.41) is 5.70. The number of carbonyl (C=O) groups excluding carboxylic acids is 2. The van der Waals surface area contributed by atoms with Gasteiger partial charge in [-0.2, -0.15) is 0 Å². The van der Waals surface area contributed by atoms with Crippen molar-refractivity contribution in [3.05, 3.63) is 95.8 Å². The molecule has 3 aromatic carbocycles. The Hall–Kier alpha value is -3.12. The van der Waals surface area contributed by atoms with Crippen LogP contribution in [-0.2, 0) is 4.79 Å². The first-order valence-electron chi connectivity index (χ1n) is 9.16. The minimum absolute atomic E-state index is 0.0390. The Labute approximate surface area is 173 Å². The molecule has 0 saturated carbocycles. The van der Waals surface area contributed by atoms with Gasteiger partial charge in [0.2, 0.25) is 5.91 Å². The van der Waals surface area contributed by atoms with Crippen LogP contribution < -0.4 is 10.6 Å². The Morgan fingerprint density at radius 2 is 1.59 bits per heavy atom. The molecule has 0 aliphatic carbocycles. The summed E-state index contributed by atoms with van der Waals surface area (Å²) in [6.07, 6.45) is 0. The zero-order chi connectivity index (χ0) is 20.6. The minimum atomic E-state index is -0.361. The quantitative estimate of drug-likeness (QED) is 0.538. The first kappa shape index (κ1) is 20.6. The Morgan fingerprint density at radius 3 is 2.34 bits per heavy atom. The van der Waals surface area contributed by atoms with Gasteiger partial charge in [-0.05, 0) is 36.8 Å². The number of benzene rings is 3. The standard InChI is InChI=1S/C23H21FN2O2S/c1-16(17-9-3-2-4-10-17)25-23(28)18-11-5-7-13-20(18)26-22(27)15-29-21-14-8-6-12-19(21)24/h2-14,16H,15H2,1H3,(H,25,28)(H,26,27)/t16-/m0/s1. The normalized spacial score (nSPS) is 11.5. The van der Waals surface area contributed by atoms with Crippen molar-refractivity contribution in [3.8, 4) is 0 Å². The predicted octanol–water partition coefficient (Wildman–Crippen LogP) is 5.05. The molecule has 0 fully saturated rings. The van der Waals surface area contributed by atoms with E-state index in [4.69, 9.17) is 0 Å². The van der Waals surface area contributed by atoms with Crippen LogP contribution in [0.25, 0.3) is 0 Å². The highest BCUT2D eigenvalue weighted by Crippen LogP contribution is 2.22. The lowest BCUT2D eigenvalue weighted by atomic mass is 10.1. The summed E-state index contributed by atoms with van der Waals surface area (Å²) in [7, 11) is 0. The first-order chi connectivity index (χ1) is 14.0. The molecule has 148 valence electrons. The molecule has 2 N–H and O–H groups in total. The number of rotatable bonds is 7. The van der Waals surface area contributed by atoms with E-state index in [1.165, 1.54) is 6.07 Å². The van der Waals surface area contributed by atoms with Crippen LogP contribution in [0.15, 0.2) is 83.8 Å². The molecule has 0 spiro atoms. The van der Waals surface area contributed by atoms with E-state index >= 15 is 0 Å². The van der Waals surface area contributed by atoms with E-state index in [1.54, 1.807) is 42.5 Å². The smallest absolute Gasteiger partial charge is 0.253 e. The summed E-state index contributed by atoms with van der Waals surface area (Å²) >= 11 is 1.11. The number of para-hydroxylation sites is 1. The number of anilines is 1. The number of hydrogen-bond acceptors (Lipinski definition) is 3. The van der Waals surface area contributed by atoms with Crippen LogP contribution in [0.1, 0.15) is 28.9 Å². The molecular formula is C23H21FN2O2S. The van der Waals surface area contributed by atoms with E-state index in [0.29, 0.717) is 16.1 Å². The second-order valence-corrected chi connectivity index (χ2v) is 7.44. The number of amides is 2. The summed E-state index contributed by atoms with van der Waals surface area (Å²) < 4.78 is 13.7. The van der Waals surface area contributed by atoms with E-state index in [9.17, 15) is 14.0 Å². The Bertz CT molecular complexity index is 995. The number of nitrogens with one attached hydrogen (secondary N) is 2. The van der Waals surface area contributed by atoms with E-state index in [1.807, 2.05) is 37.3 Å². The molecule has 6 heteroatoms. The highest BCUT2D eigenvalue weighted by molar-refractivity contribution is 8.00. The average Bonchev–Trinajstić information content (AvgIpc) is 2.74. The van der Waals surface area contributed by atoms with Crippen molar-refractivity contribution in [2.75, 3.05) is 11.1 Å². The maximum atomic E-state index is 13.7. The number of carbonyl (C=O) groups is 2. The van der Waals surface area contributed by atoms with Gasteiger partial charge in [-0.3, -0.25) is 9.59 Å². The first-order valence-corrected chi connectivity index (χ1v) is 10.1. The lowest BCUT2D eigenvalue weighted by Crippen LogP contribution is -2.28. The number of hydrogen-bond donors (Lipinski definition) is 2. The van der Waals surface area contributed by atoms with Gasteiger partial charge in [0.15, 0.2) is 0 Å². The van der Waals surface area contributed by atoms with Gasteiger partial charge in [0.25, 0.3) is 5.91 Å². The van der Waals surface area contributed by atoms with Gasteiger partial charge < -0.3 is 10.6 Å². The fraction of sp³-hybridized carbons (Fsp3) is 0.130. The molecule has 4 nitrogen and oxygen atoms in total. The zero-order valence-corrected chi connectivity index (χ0v) is 16.7. The fourth-order valence-electron chi connectivity index (χ4n) is 2.78. The SMILES string of the molecule is C[C@H](NC(=O)c1ccccc1NC(=O)CSc1ccccc1F)c1ccccc1. The molecule has 2 amide bonds. The predicted molar refractivity (Wildman–Crippen MR) is 115 cm³/mol. The van der Waals surface area contributed by atoms with Crippen molar-refractivity contribution in [1.82, 2.24) is 5.32 Å². The van der Waals surface area contributed by atoms with Gasteiger partial charge in [-0.15, -0.1) is 11.8 Å². The molecule has 0 saturated heterocycles. The van der Waals surface area contributed by atoms with E-state index in [0.717, 1.165) is 17.3 Å². The zero-order valence-electron chi connectivity index (χ0n) is 15.9. The van der Waals surface area contributed by atoms with Gasteiger partial charge >= 0.3 is 0 Å². The van der Waals surface area contributed by atoms with Crippen molar-refractivity contribution in [3.63, 3.8) is 0 Å². The molecule has 0 aliphatic heterocycles. The molecule has 3 aromatic rings. The molecule has 1 atom stereocenters. The molecule has 0 bridgehead atoms. The highest BCUT2D eigenvalue weighted by atomic mass is 32.2. The molecule has 0 unspecified atom stereocenters. The average molecular weight is 408 g/mol. The maximum absolute atomic E-state index is 13.7. The lowest BCUT2D eigenvalue weighted by Gasteiger charge is -2.16. The summed E-state index contributed by atoms with van der Waals surface area (Å²) in [5.41, 5.74) is 1.78. The van der Waals surface area contributed by atoms with Gasteiger partial charge in [-0.25, -0.2) is 4.39 Å². The fourth-order valence-corrected chi connectivity index (χ4v) is 3.52. The van der Waals surface area contributed by atoms with Gasteiger partial charge in [0, 0.05) is 4.90 Å². The van der Waals surface area contributed by atoms with Crippen LogP contribution in [0.4, 0.5) is 10.1 Å². The topological polar surface area (TPSA) is 58.2 Å². The molecule has 29 heavy (non-hydrogen) atoms. The minimum Gasteiger partial charge on any atom is -0.345 e. The molecule has 0 aromatic heterocycles. The van der Waals surface area contributed by atoms with Crippen molar-refractivity contribution < 1.29 is 14.0 Å².